The van der Waals surface area contributed by atoms with Crippen LogP contribution in [0.4, 0.5) is 10.1 Å². The molecule has 2 N–H and O–H groups in total. The highest BCUT2D eigenvalue weighted by atomic mass is 19.1. The summed E-state index contributed by atoms with van der Waals surface area (Å²) in [6.07, 6.45) is 0.813. The highest BCUT2D eigenvalue weighted by Gasteiger charge is 2.44. The average molecular weight is 358 g/mol. The molecular weight excluding hydrogens is 339 g/mol. The lowest BCUT2D eigenvalue weighted by Gasteiger charge is -2.30. The molecule has 0 aliphatic carbocycles. The maximum atomic E-state index is 14.6. The molecule has 0 bridgehead atoms. The normalized spacial score (nSPS) is 23.3. The van der Waals surface area contributed by atoms with E-state index in [0.717, 1.165) is 24.1 Å². The number of allylic oxidation sites excluding steroid dienone is 1. The average Bonchev–Trinajstić information content (AvgIpc) is 2.86. The van der Waals surface area contributed by atoms with E-state index in [1.54, 1.807) is 0 Å². The standard InChI is InChI=1S/C18H19FN4O3/c1-10-2-3-14(16(24)21-10)23-17(25)11-8-13(19)15(9-12(11)18(23)26)22-6-4-20-5-7-22/h8-9,14,20H,1-7H2,(H,21,24). The van der Waals surface area contributed by atoms with Gasteiger partial charge in [-0.3, -0.25) is 19.3 Å². The Bertz CT molecular complexity index is 832. The molecule has 1 aromatic carbocycles. The van der Waals surface area contributed by atoms with Crippen LogP contribution in [0.3, 0.4) is 0 Å². The lowest BCUT2D eigenvalue weighted by molar-refractivity contribution is -0.125. The van der Waals surface area contributed by atoms with Crippen LogP contribution in [0.15, 0.2) is 24.4 Å². The van der Waals surface area contributed by atoms with Crippen molar-refractivity contribution in [3.8, 4) is 0 Å². The lowest BCUT2D eigenvalue weighted by atomic mass is 10.0. The van der Waals surface area contributed by atoms with E-state index in [9.17, 15) is 18.8 Å². The molecule has 0 spiro atoms. The second kappa shape index (κ2) is 6.21. The maximum absolute atomic E-state index is 14.6. The number of benzene rings is 1. The van der Waals surface area contributed by atoms with Gasteiger partial charge in [-0.15, -0.1) is 0 Å². The fourth-order valence-corrected chi connectivity index (χ4v) is 3.71. The number of carbonyl (C=O) groups excluding carboxylic acids is 3. The van der Waals surface area contributed by atoms with E-state index >= 15 is 0 Å². The molecule has 3 aliphatic rings. The smallest absolute Gasteiger partial charge is 0.262 e. The molecular formula is C18H19FN4O3. The number of piperidine rings is 1. The summed E-state index contributed by atoms with van der Waals surface area (Å²) in [6, 6.07) is 1.67. The Morgan fingerprint density at radius 1 is 1.08 bits per heavy atom. The minimum atomic E-state index is -0.890. The summed E-state index contributed by atoms with van der Waals surface area (Å²) in [6.45, 7) is 6.38. The van der Waals surface area contributed by atoms with Crippen LogP contribution in [-0.4, -0.2) is 54.8 Å². The molecule has 0 aromatic heterocycles. The number of imide groups is 1. The number of nitrogens with zero attached hydrogens (tertiary/aromatic N) is 2. The highest BCUT2D eigenvalue weighted by molar-refractivity contribution is 6.23. The summed E-state index contributed by atoms with van der Waals surface area (Å²) >= 11 is 0. The molecule has 7 nitrogen and oxygen atoms in total. The molecule has 2 saturated heterocycles. The van der Waals surface area contributed by atoms with Crippen LogP contribution in [-0.2, 0) is 4.79 Å². The third-order valence-corrected chi connectivity index (χ3v) is 5.08. The molecule has 2 fully saturated rings. The molecule has 0 saturated carbocycles. The topological polar surface area (TPSA) is 81.8 Å². The molecule has 1 aromatic rings. The SMILES string of the molecule is C=C1CCC(N2C(=O)c3cc(F)c(N4CCNCC4)cc3C2=O)C(=O)N1. The largest absolute Gasteiger partial charge is 0.367 e. The van der Waals surface area contributed by atoms with E-state index in [-0.39, 0.29) is 11.1 Å². The number of piperazine rings is 1. The van der Waals surface area contributed by atoms with Gasteiger partial charge in [-0.2, -0.15) is 0 Å². The number of carbonyl (C=O) groups is 3. The van der Waals surface area contributed by atoms with Crippen molar-refractivity contribution in [1.29, 1.82) is 0 Å². The molecule has 136 valence electrons. The predicted molar refractivity (Wildman–Crippen MR) is 92.3 cm³/mol. The molecule has 4 rings (SSSR count). The number of nitrogens with one attached hydrogen (secondary N) is 2. The first kappa shape index (κ1) is 16.7. The monoisotopic (exact) mass is 358 g/mol. The molecule has 8 heteroatoms. The van der Waals surface area contributed by atoms with E-state index in [1.807, 2.05) is 4.90 Å². The Balaban J connectivity index is 1.68. The highest BCUT2D eigenvalue weighted by Crippen LogP contribution is 2.33. The van der Waals surface area contributed by atoms with Gasteiger partial charge in [-0.05, 0) is 25.0 Å². The molecule has 1 unspecified atom stereocenters. The molecule has 3 amide bonds. The van der Waals surface area contributed by atoms with Crippen molar-refractivity contribution in [2.75, 3.05) is 31.1 Å². The van der Waals surface area contributed by atoms with Crippen molar-refractivity contribution in [3.63, 3.8) is 0 Å². The third-order valence-electron chi connectivity index (χ3n) is 5.08. The van der Waals surface area contributed by atoms with E-state index < -0.39 is 29.6 Å². The number of rotatable bonds is 2. The van der Waals surface area contributed by atoms with Crippen molar-refractivity contribution in [2.45, 2.75) is 18.9 Å². The van der Waals surface area contributed by atoms with Crippen LogP contribution in [0, 0.1) is 5.82 Å². The summed E-state index contributed by atoms with van der Waals surface area (Å²) in [7, 11) is 0. The Kier molecular flexibility index (Phi) is 3.99. The maximum Gasteiger partial charge on any atom is 0.262 e. The van der Waals surface area contributed by atoms with E-state index in [1.165, 1.54) is 6.07 Å². The number of hydrogen-bond acceptors (Lipinski definition) is 5. The Morgan fingerprint density at radius 3 is 2.38 bits per heavy atom. The zero-order valence-electron chi connectivity index (χ0n) is 14.2. The van der Waals surface area contributed by atoms with Crippen LogP contribution in [0.2, 0.25) is 0 Å². The van der Waals surface area contributed by atoms with Crippen molar-refractivity contribution in [3.05, 3.63) is 41.4 Å². The second-order valence-electron chi connectivity index (χ2n) is 6.71. The molecule has 3 aliphatic heterocycles. The minimum Gasteiger partial charge on any atom is -0.367 e. The van der Waals surface area contributed by atoms with Crippen molar-refractivity contribution in [1.82, 2.24) is 15.5 Å². The van der Waals surface area contributed by atoms with Crippen molar-refractivity contribution in [2.24, 2.45) is 0 Å². The number of hydrogen-bond donors (Lipinski definition) is 2. The quantitative estimate of drug-likeness (QED) is 0.758. The zero-order chi connectivity index (χ0) is 18.4. The molecule has 0 radical (unpaired) electrons. The van der Waals surface area contributed by atoms with Gasteiger partial charge in [-0.25, -0.2) is 4.39 Å². The second-order valence-corrected chi connectivity index (χ2v) is 6.71. The number of fused-ring (bicyclic) bond motifs is 1. The van der Waals surface area contributed by atoms with Crippen LogP contribution < -0.4 is 15.5 Å². The van der Waals surface area contributed by atoms with Crippen LogP contribution in [0.25, 0.3) is 0 Å². The van der Waals surface area contributed by atoms with Crippen LogP contribution >= 0.6 is 0 Å². The van der Waals surface area contributed by atoms with E-state index in [2.05, 4.69) is 17.2 Å². The van der Waals surface area contributed by atoms with Crippen LogP contribution in [0.1, 0.15) is 33.6 Å². The Hall–Kier alpha value is -2.74. The first-order valence-corrected chi connectivity index (χ1v) is 8.63. The van der Waals surface area contributed by atoms with Gasteiger partial charge in [0.1, 0.15) is 11.9 Å². The summed E-state index contributed by atoms with van der Waals surface area (Å²) < 4.78 is 14.6. The summed E-state index contributed by atoms with van der Waals surface area (Å²) in [5.74, 6) is -2.13. The first-order chi connectivity index (χ1) is 12.5. The van der Waals surface area contributed by atoms with Crippen molar-refractivity contribution >= 4 is 23.4 Å². The zero-order valence-corrected chi connectivity index (χ0v) is 14.2. The van der Waals surface area contributed by atoms with Gasteiger partial charge in [0.15, 0.2) is 0 Å². The van der Waals surface area contributed by atoms with E-state index in [0.29, 0.717) is 37.3 Å². The molecule has 26 heavy (non-hydrogen) atoms. The number of anilines is 1. The Labute approximate surface area is 149 Å². The predicted octanol–water partition coefficient (Wildman–Crippen LogP) is 0.624. The summed E-state index contributed by atoms with van der Waals surface area (Å²) in [5, 5.41) is 5.77. The van der Waals surface area contributed by atoms with Gasteiger partial charge in [0, 0.05) is 31.9 Å². The van der Waals surface area contributed by atoms with Gasteiger partial charge in [0.05, 0.1) is 16.8 Å². The van der Waals surface area contributed by atoms with Gasteiger partial charge < -0.3 is 15.5 Å². The fourth-order valence-electron chi connectivity index (χ4n) is 3.71. The number of amides is 3. The fraction of sp³-hybridized carbons (Fsp3) is 0.389. The lowest BCUT2D eigenvalue weighted by Crippen LogP contribution is -2.51. The first-order valence-electron chi connectivity index (χ1n) is 8.63. The van der Waals surface area contributed by atoms with Gasteiger partial charge in [-0.1, -0.05) is 6.58 Å². The number of halogens is 1. The summed E-state index contributed by atoms with van der Waals surface area (Å²) in [4.78, 5) is 40.5. The van der Waals surface area contributed by atoms with Crippen LogP contribution in [0.5, 0.6) is 0 Å². The van der Waals surface area contributed by atoms with E-state index in [4.69, 9.17) is 0 Å². The van der Waals surface area contributed by atoms with Gasteiger partial charge in [0.2, 0.25) is 5.91 Å². The van der Waals surface area contributed by atoms with Gasteiger partial charge in [0.25, 0.3) is 11.8 Å². The van der Waals surface area contributed by atoms with Crippen molar-refractivity contribution < 1.29 is 18.8 Å². The molecule has 1 atom stereocenters. The summed E-state index contributed by atoms with van der Waals surface area (Å²) in [5.41, 5.74) is 1.05. The molecule has 3 heterocycles. The minimum absolute atomic E-state index is 0.0172. The third kappa shape index (κ3) is 2.57. The Morgan fingerprint density at radius 2 is 1.73 bits per heavy atom. The van der Waals surface area contributed by atoms with Gasteiger partial charge >= 0.3 is 0 Å².